The fourth-order valence-corrected chi connectivity index (χ4v) is 1.86. The quantitative estimate of drug-likeness (QED) is 0.624. The van der Waals surface area contributed by atoms with E-state index in [9.17, 15) is 14.9 Å². The van der Waals surface area contributed by atoms with Gasteiger partial charge in [0.25, 0.3) is 5.69 Å². The lowest BCUT2D eigenvalue weighted by atomic mass is 10.1. The molecular formula is C14H13N3O4. The van der Waals surface area contributed by atoms with Crippen LogP contribution in [0.3, 0.4) is 0 Å². The Labute approximate surface area is 120 Å². The van der Waals surface area contributed by atoms with Crippen LogP contribution >= 0.6 is 0 Å². The summed E-state index contributed by atoms with van der Waals surface area (Å²) in [5.41, 5.74) is 1.04. The van der Waals surface area contributed by atoms with Crippen molar-refractivity contribution in [2.24, 2.45) is 0 Å². The van der Waals surface area contributed by atoms with Gasteiger partial charge in [-0.2, -0.15) is 0 Å². The van der Waals surface area contributed by atoms with Gasteiger partial charge in [-0.15, -0.1) is 0 Å². The van der Waals surface area contributed by atoms with Crippen molar-refractivity contribution < 1.29 is 14.8 Å². The van der Waals surface area contributed by atoms with E-state index in [2.05, 4.69) is 10.3 Å². The second kappa shape index (κ2) is 6.47. The van der Waals surface area contributed by atoms with Crippen LogP contribution in [-0.4, -0.2) is 27.5 Å². The first-order valence-corrected chi connectivity index (χ1v) is 6.22. The number of pyridine rings is 1. The maximum absolute atomic E-state index is 10.9. The smallest absolute Gasteiger partial charge is 0.335 e. The number of rotatable bonds is 6. The molecule has 0 radical (unpaired) electrons. The van der Waals surface area contributed by atoms with Gasteiger partial charge in [0.15, 0.2) is 0 Å². The Bertz CT molecular complexity index is 659. The molecule has 0 spiro atoms. The average molecular weight is 287 g/mol. The molecule has 7 nitrogen and oxygen atoms in total. The molecule has 1 aromatic carbocycles. The van der Waals surface area contributed by atoms with Crippen molar-refractivity contribution in [1.82, 2.24) is 4.98 Å². The number of hydrogen-bond acceptors (Lipinski definition) is 5. The fourth-order valence-electron chi connectivity index (χ4n) is 1.86. The highest BCUT2D eigenvalue weighted by atomic mass is 16.6. The molecule has 7 heteroatoms. The third-order valence-electron chi connectivity index (χ3n) is 2.89. The summed E-state index contributed by atoms with van der Waals surface area (Å²) >= 11 is 0. The number of nitro benzene ring substituents is 1. The van der Waals surface area contributed by atoms with E-state index in [1.807, 2.05) is 12.1 Å². The van der Waals surface area contributed by atoms with Crippen molar-refractivity contribution in [2.75, 3.05) is 11.9 Å². The first-order valence-electron chi connectivity index (χ1n) is 6.22. The van der Waals surface area contributed by atoms with Gasteiger partial charge in [-0.1, -0.05) is 6.07 Å². The molecule has 0 unspecified atom stereocenters. The lowest BCUT2D eigenvalue weighted by Gasteiger charge is -2.08. The van der Waals surface area contributed by atoms with Gasteiger partial charge in [-0.3, -0.25) is 15.1 Å². The van der Waals surface area contributed by atoms with Crippen LogP contribution in [0.25, 0.3) is 0 Å². The van der Waals surface area contributed by atoms with Crippen molar-refractivity contribution in [2.45, 2.75) is 6.42 Å². The van der Waals surface area contributed by atoms with Gasteiger partial charge in [0.2, 0.25) is 0 Å². The molecule has 0 saturated carbocycles. The molecule has 0 amide bonds. The summed E-state index contributed by atoms with van der Waals surface area (Å²) in [7, 11) is 0. The van der Waals surface area contributed by atoms with Gasteiger partial charge in [0.05, 0.1) is 10.5 Å². The van der Waals surface area contributed by atoms with Crippen LogP contribution in [0.5, 0.6) is 0 Å². The SMILES string of the molecule is O=C(O)c1ccc([N+](=O)[O-])c(NCCc2cccnc2)c1. The lowest BCUT2D eigenvalue weighted by Crippen LogP contribution is -2.08. The van der Waals surface area contributed by atoms with E-state index in [-0.39, 0.29) is 16.9 Å². The Balaban J connectivity index is 2.12. The second-order valence-electron chi connectivity index (χ2n) is 4.33. The molecule has 2 aromatic rings. The van der Waals surface area contributed by atoms with Gasteiger partial charge >= 0.3 is 5.97 Å². The Morgan fingerprint density at radius 3 is 2.81 bits per heavy atom. The van der Waals surface area contributed by atoms with Crippen LogP contribution in [0.4, 0.5) is 11.4 Å². The van der Waals surface area contributed by atoms with E-state index in [1.165, 1.54) is 18.2 Å². The predicted molar refractivity (Wildman–Crippen MR) is 76.5 cm³/mol. The number of carbonyl (C=O) groups is 1. The normalized spacial score (nSPS) is 10.1. The van der Waals surface area contributed by atoms with Crippen LogP contribution in [-0.2, 0) is 6.42 Å². The summed E-state index contributed by atoms with van der Waals surface area (Å²) in [6.45, 7) is 0.440. The molecule has 0 aliphatic carbocycles. The molecule has 0 fully saturated rings. The van der Waals surface area contributed by atoms with E-state index in [0.29, 0.717) is 13.0 Å². The van der Waals surface area contributed by atoms with Crippen LogP contribution in [0.2, 0.25) is 0 Å². The van der Waals surface area contributed by atoms with E-state index in [1.54, 1.807) is 12.4 Å². The van der Waals surface area contributed by atoms with Crippen molar-refractivity contribution >= 4 is 17.3 Å². The number of carboxylic acids is 1. The van der Waals surface area contributed by atoms with E-state index >= 15 is 0 Å². The molecule has 0 aliphatic rings. The average Bonchev–Trinajstić information content (AvgIpc) is 2.48. The summed E-state index contributed by atoms with van der Waals surface area (Å²) < 4.78 is 0. The number of anilines is 1. The molecule has 0 bridgehead atoms. The molecule has 1 aromatic heterocycles. The summed E-state index contributed by atoms with van der Waals surface area (Å²) in [4.78, 5) is 25.3. The number of nitrogens with zero attached hydrogens (tertiary/aromatic N) is 2. The highest BCUT2D eigenvalue weighted by Crippen LogP contribution is 2.25. The van der Waals surface area contributed by atoms with Crippen LogP contribution in [0.1, 0.15) is 15.9 Å². The highest BCUT2D eigenvalue weighted by molar-refractivity contribution is 5.90. The van der Waals surface area contributed by atoms with Gasteiger partial charge in [0, 0.05) is 25.0 Å². The number of aromatic carboxylic acids is 1. The molecule has 0 aliphatic heterocycles. The largest absolute Gasteiger partial charge is 0.478 e. The molecule has 2 rings (SSSR count). The molecule has 0 saturated heterocycles. The Morgan fingerprint density at radius 1 is 1.38 bits per heavy atom. The molecule has 0 atom stereocenters. The zero-order valence-corrected chi connectivity index (χ0v) is 11.0. The van der Waals surface area contributed by atoms with Crippen LogP contribution in [0, 0.1) is 10.1 Å². The number of carboxylic acid groups (broad SMARTS) is 1. The molecule has 1 heterocycles. The van der Waals surface area contributed by atoms with E-state index < -0.39 is 10.9 Å². The Morgan fingerprint density at radius 2 is 2.19 bits per heavy atom. The van der Waals surface area contributed by atoms with Crippen LogP contribution < -0.4 is 5.32 Å². The van der Waals surface area contributed by atoms with Gasteiger partial charge in [0.1, 0.15) is 5.69 Å². The zero-order valence-electron chi connectivity index (χ0n) is 11.0. The van der Waals surface area contributed by atoms with Crippen molar-refractivity contribution in [3.05, 3.63) is 64.0 Å². The molecular weight excluding hydrogens is 274 g/mol. The molecule has 108 valence electrons. The number of benzene rings is 1. The zero-order chi connectivity index (χ0) is 15.2. The standard InChI is InChI=1S/C14H13N3O4/c18-14(19)11-3-4-13(17(20)21)12(8-11)16-7-5-10-2-1-6-15-9-10/h1-4,6,8-9,16H,5,7H2,(H,18,19). The van der Waals surface area contributed by atoms with Crippen molar-refractivity contribution in [3.8, 4) is 0 Å². The van der Waals surface area contributed by atoms with E-state index in [4.69, 9.17) is 5.11 Å². The van der Waals surface area contributed by atoms with E-state index in [0.717, 1.165) is 5.56 Å². The lowest BCUT2D eigenvalue weighted by molar-refractivity contribution is -0.384. The molecule has 21 heavy (non-hydrogen) atoms. The minimum absolute atomic E-state index is 0.00415. The summed E-state index contributed by atoms with van der Waals surface area (Å²) in [6, 6.07) is 7.38. The first kappa shape index (κ1) is 14.4. The predicted octanol–water partition coefficient (Wildman–Crippen LogP) is 2.34. The second-order valence-corrected chi connectivity index (χ2v) is 4.33. The number of aromatic nitrogens is 1. The third-order valence-corrected chi connectivity index (χ3v) is 2.89. The van der Waals surface area contributed by atoms with Gasteiger partial charge in [-0.25, -0.2) is 4.79 Å². The summed E-state index contributed by atoms with van der Waals surface area (Å²) in [6.07, 6.45) is 4.00. The highest BCUT2D eigenvalue weighted by Gasteiger charge is 2.16. The number of nitro groups is 1. The van der Waals surface area contributed by atoms with Gasteiger partial charge < -0.3 is 10.4 Å². The molecule has 2 N–H and O–H groups in total. The van der Waals surface area contributed by atoms with Crippen molar-refractivity contribution in [3.63, 3.8) is 0 Å². The first-order chi connectivity index (χ1) is 10.1. The van der Waals surface area contributed by atoms with Gasteiger partial charge in [-0.05, 0) is 30.2 Å². The summed E-state index contributed by atoms with van der Waals surface area (Å²) in [5.74, 6) is -1.12. The van der Waals surface area contributed by atoms with Crippen molar-refractivity contribution in [1.29, 1.82) is 0 Å². The summed E-state index contributed by atoms with van der Waals surface area (Å²) in [5, 5.41) is 22.8. The number of hydrogen-bond donors (Lipinski definition) is 2. The third kappa shape index (κ3) is 3.75. The number of nitrogens with one attached hydrogen (secondary N) is 1. The topological polar surface area (TPSA) is 105 Å². The maximum atomic E-state index is 10.9. The minimum atomic E-state index is -1.12. The monoisotopic (exact) mass is 287 g/mol. The Kier molecular flexibility index (Phi) is 4.45. The fraction of sp³-hybridized carbons (Fsp3) is 0.143. The van der Waals surface area contributed by atoms with Crippen LogP contribution in [0.15, 0.2) is 42.7 Å². The Hall–Kier alpha value is -2.96. The maximum Gasteiger partial charge on any atom is 0.335 e. The minimum Gasteiger partial charge on any atom is -0.478 e.